The SMILES string of the molecule is CCCC[P+](c1ccccc1)(c1ccccc1)c1ccccc1.F[P-](F)(F)(F)(F)F. The third-order valence-corrected chi connectivity index (χ3v) is 8.96. The second-order valence-corrected chi connectivity index (χ2v) is 12.4. The van der Waals surface area contributed by atoms with Crippen molar-refractivity contribution in [1.82, 2.24) is 0 Å². The van der Waals surface area contributed by atoms with E-state index in [-0.39, 0.29) is 0 Å². The average molecular weight is 464 g/mol. The number of rotatable bonds is 6. The van der Waals surface area contributed by atoms with Gasteiger partial charge in [-0.15, -0.1) is 0 Å². The Morgan fingerprint density at radius 2 is 0.833 bits per heavy atom. The fourth-order valence-corrected chi connectivity index (χ4v) is 7.78. The van der Waals surface area contributed by atoms with Crippen molar-refractivity contribution in [2.24, 2.45) is 0 Å². The number of hydrogen-bond donors (Lipinski definition) is 0. The van der Waals surface area contributed by atoms with Crippen LogP contribution in [0, 0.1) is 0 Å². The Balaban J connectivity index is 0.000000396. The summed E-state index contributed by atoms with van der Waals surface area (Å²) in [7, 11) is -12.2. The van der Waals surface area contributed by atoms with Crippen molar-refractivity contribution in [2.75, 3.05) is 6.16 Å². The van der Waals surface area contributed by atoms with Crippen LogP contribution in [0.15, 0.2) is 91.0 Å². The fourth-order valence-electron chi connectivity index (χ4n) is 3.28. The third kappa shape index (κ3) is 8.08. The summed E-state index contributed by atoms with van der Waals surface area (Å²) in [5, 5.41) is 4.47. The van der Waals surface area contributed by atoms with Crippen molar-refractivity contribution in [2.45, 2.75) is 19.8 Å². The number of benzene rings is 3. The van der Waals surface area contributed by atoms with E-state index in [9.17, 15) is 25.2 Å². The second kappa shape index (κ2) is 8.69. The van der Waals surface area contributed by atoms with Crippen LogP contribution in [0.4, 0.5) is 25.2 Å². The summed E-state index contributed by atoms with van der Waals surface area (Å²) in [4.78, 5) is 0. The van der Waals surface area contributed by atoms with Crippen molar-refractivity contribution in [3.63, 3.8) is 0 Å². The molecule has 3 aromatic carbocycles. The number of unbranched alkanes of at least 4 members (excludes halogenated alkanes) is 1. The molecule has 0 aliphatic carbocycles. The van der Waals surface area contributed by atoms with E-state index in [1.807, 2.05) is 0 Å². The zero-order valence-corrected chi connectivity index (χ0v) is 18.2. The van der Waals surface area contributed by atoms with Gasteiger partial charge in [0.05, 0.1) is 6.16 Å². The summed E-state index contributed by atoms with van der Waals surface area (Å²) in [6.07, 6.45) is 3.72. The summed E-state index contributed by atoms with van der Waals surface area (Å²) >= 11 is 0. The number of halogens is 6. The molecule has 30 heavy (non-hydrogen) atoms. The van der Waals surface area contributed by atoms with E-state index >= 15 is 0 Å². The van der Waals surface area contributed by atoms with Crippen LogP contribution < -0.4 is 15.9 Å². The van der Waals surface area contributed by atoms with Crippen LogP contribution in [0.5, 0.6) is 0 Å². The predicted molar refractivity (Wildman–Crippen MR) is 118 cm³/mol. The molecule has 3 aromatic rings. The molecule has 0 fully saturated rings. The van der Waals surface area contributed by atoms with E-state index in [0.717, 1.165) is 0 Å². The molecule has 0 unspecified atom stereocenters. The van der Waals surface area contributed by atoms with Gasteiger partial charge >= 0.3 is 33.0 Å². The summed E-state index contributed by atoms with van der Waals surface area (Å²) in [6.45, 7) is 2.29. The van der Waals surface area contributed by atoms with Crippen molar-refractivity contribution in [3.05, 3.63) is 91.0 Å². The van der Waals surface area contributed by atoms with Crippen LogP contribution in [0.25, 0.3) is 0 Å². The van der Waals surface area contributed by atoms with Crippen LogP contribution in [-0.4, -0.2) is 6.16 Å². The van der Waals surface area contributed by atoms with Gasteiger partial charge in [-0.3, -0.25) is 0 Å². The molecule has 0 spiro atoms. The van der Waals surface area contributed by atoms with Crippen LogP contribution in [0.1, 0.15) is 19.8 Å². The Bertz CT molecular complexity index is 804. The van der Waals surface area contributed by atoms with E-state index in [1.165, 1.54) is 34.9 Å². The number of hydrogen-bond acceptors (Lipinski definition) is 0. The van der Waals surface area contributed by atoms with E-state index in [1.54, 1.807) is 0 Å². The van der Waals surface area contributed by atoms with Crippen molar-refractivity contribution >= 4 is 31.0 Å². The Morgan fingerprint density at radius 3 is 1.07 bits per heavy atom. The molecule has 3 rings (SSSR count). The molecular weight excluding hydrogens is 440 g/mol. The van der Waals surface area contributed by atoms with Gasteiger partial charge in [0.25, 0.3) is 0 Å². The Morgan fingerprint density at radius 1 is 0.567 bits per heavy atom. The van der Waals surface area contributed by atoms with Gasteiger partial charge in [0.1, 0.15) is 23.2 Å². The first-order valence-electron chi connectivity index (χ1n) is 9.44. The molecule has 0 atom stereocenters. The Hall–Kier alpha value is -1.90. The zero-order valence-electron chi connectivity index (χ0n) is 16.4. The van der Waals surface area contributed by atoms with Crippen molar-refractivity contribution in [1.29, 1.82) is 0 Å². The molecule has 0 N–H and O–H groups in total. The van der Waals surface area contributed by atoms with Crippen LogP contribution in [0.2, 0.25) is 0 Å². The van der Waals surface area contributed by atoms with Gasteiger partial charge in [0.15, 0.2) is 0 Å². The zero-order chi connectivity index (χ0) is 22.4. The Kier molecular flexibility index (Phi) is 7.06. The molecule has 0 amide bonds. The first-order valence-corrected chi connectivity index (χ1v) is 13.4. The van der Waals surface area contributed by atoms with Crippen LogP contribution in [0.3, 0.4) is 0 Å². The molecule has 0 aliphatic heterocycles. The summed E-state index contributed by atoms with van der Waals surface area (Å²) in [5.74, 6) is 0. The third-order valence-electron chi connectivity index (χ3n) is 4.44. The van der Waals surface area contributed by atoms with E-state index < -0.39 is 15.1 Å². The predicted octanol–water partition coefficient (Wildman–Crippen LogP) is 8.16. The van der Waals surface area contributed by atoms with Gasteiger partial charge in [-0.2, -0.15) is 0 Å². The maximum absolute atomic E-state index is 10.7. The monoisotopic (exact) mass is 464 g/mol. The molecule has 0 nitrogen and oxygen atoms in total. The first-order chi connectivity index (χ1) is 13.8. The molecule has 0 aromatic heterocycles. The molecule has 164 valence electrons. The van der Waals surface area contributed by atoms with Gasteiger partial charge in [0.2, 0.25) is 0 Å². The average Bonchev–Trinajstić information content (AvgIpc) is 2.69. The molecular formula is C22H24F6P2. The fraction of sp³-hybridized carbons (Fsp3) is 0.182. The van der Waals surface area contributed by atoms with E-state index in [0.29, 0.717) is 0 Å². The summed E-state index contributed by atoms with van der Waals surface area (Å²) in [6, 6.07) is 33.4. The standard InChI is InChI=1S/C22H24P.F6P/c1-2-3-19-23(20-13-7-4-8-14-20,21-15-9-5-10-16-21)22-17-11-6-12-18-22;1-7(2,3,4,5)6/h4-18H,2-3,19H2,1H3;/q+1;-1. The second-order valence-electron chi connectivity index (χ2n) is 6.85. The normalized spacial score (nSPS) is 14.1. The van der Waals surface area contributed by atoms with Crippen molar-refractivity contribution in [3.8, 4) is 0 Å². The molecule has 0 saturated carbocycles. The van der Waals surface area contributed by atoms with Crippen LogP contribution >= 0.6 is 15.1 Å². The maximum atomic E-state index is 9.87. The van der Waals surface area contributed by atoms with Crippen molar-refractivity contribution < 1.29 is 25.2 Å². The van der Waals surface area contributed by atoms with E-state index in [2.05, 4.69) is 97.9 Å². The molecule has 0 radical (unpaired) electrons. The molecule has 8 heteroatoms. The molecule has 0 aliphatic rings. The van der Waals surface area contributed by atoms with Crippen LogP contribution in [-0.2, 0) is 0 Å². The van der Waals surface area contributed by atoms with Gasteiger partial charge < -0.3 is 0 Å². The molecule has 0 bridgehead atoms. The van der Waals surface area contributed by atoms with Gasteiger partial charge in [0, 0.05) is 0 Å². The molecule has 0 saturated heterocycles. The van der Waals surface area contributed by atoms with Gasteiger partial charge in [-0.1, -0.05) is 67.9 Å². The van der Waals surface area contributed by atoms with Gasteiger partial charge in [-0.05, 0) is 42.8 Å². The summed E-state index contributed by atoms with van der Waals surface area (Å²) < 4.78 is 59.2. The summed E-state index contributed by atoms with van der Waals surface area (Å²) in [5.41, 5.74) is 0. The minimum atomic E-state index is -10.7. The van der Waals surface area contributed by atoms with Gasteiger partial charge in [-0.25, -0.2) is 0 Å². The Labute approximate surface area is 173 Å². The minimum absolute atomic E-state index is 1.23. The quantitative estimate of drug-likeness (QED) is 0.255. The first kappa shape index (κ1) is 24.4. The topological polar surface area (TPSA) is 0 Å². The molecule has 0 heterocycles. The van der Waals surface area contributed by atoms with E-state index in [4.69, 9.17) is 0 Å².